The van der Waals surface area contributed by atoms with Crippen LogP contribution in [0, 0.1) is 0 Å². The van der Waals surface area contributed by atoms with Crippen LogP contribution in [0.3, 0.4) is 0 Å². The van der Waals surface area contributed by atoms with E-state index >= 15 is 0 Å². The molecule has 0 radical (unpaired) electrons. The lowest BCUT2D eigenvalue weighted by Crippen LogP contribution is -2.60. The van der Waals surface area contributed by atoms with E-state index in [1.807, 2.05) is 0 Å². The smallest absolute Gasteiger partial charge is 0.229 e. The van der Waals surface area contributed by atoms with Crippen LogP contribution in [0.5, 0.6) is 11.5 Å². The van der Waals surface area contributed by atoms with Crippen LogP contribution in [-0.4, -0.2) is 74.4 Å². The summed E-state index contributed by atoms with van der Waals surface area (Å²) in [5, 5.41) is 49.6. The van der Waals surface area contributed by atoms with Crippen LogP contribution in [0.4, 0.5) is 0 Å². The van der Waals surface area contributed by atoms with Crippen LogP contribution in [0.2, 0.25) is 0 Å². The van der Waals surface area contributed by atoms with Crippen LogP contribution < -0.4 is 4.74 Å². The van der Waals surface area contributed by atoms with Gasteiger partial charge in [-0.15, -0.1) is 0 Å². The number of hydrogen-bond acceptors (Lipinski definition) is 9. The van der Waals surface area contributed by atoms with Crippen LogP contribution in [0.25, 0.3) is 0 Å². The molecule has 1 aliphatic heterocycles. The van der Waals surface area contributed by atoms with E-state index in [2.05, 4.69) is 0 Å². The molecule has 0 aromatic heterocycles. The van der Waals surface area contributed by atoms with Crippen molar-refractivity contribution in [2.24, 2.45) is 0 Å². The topological polar surface area (TPSA) is 154 Å². The lowest BCUT2D eigenvalue weighted by molar-refractivity contribution is -0.277. The summed E-state index contributed by atoms with van der Waals surface area (Å²) in [4.78, 5) is 25.5. The molecule has 2 aliphatic rings. The zero-order valence-corrected chi connectivity index (χ0v) is 14.9. The Hall–Kier alpha value is -2.82. The van der Waals surface area contributed by atoms with Gasteiger partial charge in [-0.25, -0.2) is 0 Å². The Kier molecular flexibility index (Phi) is 4.85. The molecule has 29 heavy (non-hydrogen) atoms. The standard InChI is InChI=1S/C20H18O9/c21-7-12-17(25)18(26)19(27)20(29-12)28-11-6-5-10-13(16(11)24)15(23)9-4-2-1-3-8(9)14(10)22/h1-6,12,17-21,24-27H,7H2/t12-,17-,18+,19-,20+/m0/s1. The number of rotatable bonds is 3. The Morgan fingerprint density at radius 2 is 1.52 bits per heavy atom. The molecule has 1 aliphatic carbocycles. The third kappa shape index (κ3) is 3.00. The lowest BCUT2D eigenvalue weighted by atomic mass is 9.83. The molecule has 4 rings (SSSR count). The van der Waals surface area contributed by atoms with Gasteiger partial charge in [0.15, 0.2) is 23.1 Å². The molecule has 5 N–H and O–H groups in total. The minimum atomic E-state index is -1.69. The number of benzene rings is 2. The summed E-state index contributed by atoms with van der Waals surface area (Å²) in [6.45, 7) is -0.648. The van der Waals surface area contributed by atoms with Crippen molar-refractivity contribution in [3.63, 3.8) is 0 Å². The van der Waals surface area contributed by atoms with Crippen molar-refractivity contribution in [3.8, 4) is 11.5 Å². The number of aliphatic hydroxyl groups is 4. The molecule has 5 atom stereocenters. The van der Waals surface area contributed by atoms with Crippen molar-refractivity contribution >= 4 is 11.6 Å². The Balaban J connectivity index is 1.69. The molecule has 0 saturated carbocycles. The summed E-state index contributed by atoms with van der Waals surface area (Å²) >= 11 is 0. The van der Waals surface area contributed by atoms with Crippen LogP contribution in [-0.2, 0) is 4.74 Å². The van der Waals surface area contributed by atoms with Crippen molar-refractivity contribution in [2.45, 2.75) is 30.7 Å². The minimum Gasteiger partial charge on any atom is -0.504 e. The largest absolute Gasteiger partial charge is 0.504 e. The number of carbonyl (C=O) groups excluding carboxylic acids is 2. The monoisotopic (exact) mass is 402 g/mol. The number of ketones is 2. The molecule has 2 aromatic rings. The van der Waals surface area contributed by atoms with E-state index in [4.69, 9.17) is 9.47 Å². The third-order valence-corrected chi connectivity index (χ3v) is 5.12. The lowest BCUT2D eigenvalue weighted by Gasteiger charge is -2.39. The summed E-state index contributed by atoms with van der Waals surface area (Å²) in [5.41, 5.74) is 0.139. The molecule has 1 fully saturated rings. The van der Waals surface area contributed by atoms with Crippen LogP contribution in [0.1, 0.15) is 31.8 Å². The van der Waals surface area contributed by atoms with Gasteiger partial charge in [0.25, 0.3) is 0 Å². The minimum absolute atomic E-state index is 0.00681. The fourth-order valence-electron chi connectivity index (χ4n) is 3.53. The van der Waals surface area contributed by atoms with E-state index in [1.165, 1.54) is 24.3 Å². The van der Waals surface area contributed by atoms with Gasteiger partial charge in [-0.1, -0.05) is 24.3 Å². The summed E-state index contributed by atoms with van der Waals surface area (Å²) < 4.78 is 10.7. The molecule has 0 amide bonds. The van der Waals surface area contributed by atoms with E-state index in [0.717, 1.165) is 0 Å². The Bertz CT molecular complexity index is 984. The highest BCUT2D eigenvalue weighted by molar-refractivity contribution is 6.29. The van der Waals surface area contributed by atoms with Gasteiger partial charge in [0.05, 0.1) is 12.2 Å². The van der Waals surface area contributed by atoms with Gasteiger partial charge in [-0.2, -0.15) is 0 Å². The quantitative estimate of drug-likeness (QED) is 0.384. The van der Waals surface area contributed by atoms with Crippen molar-refractivity contribution in [1.29, 1.82) is 0 Å². The van der Waals surface area contributed by atoms with Gasteiger partial charge in [0, 0.05) is 16.7 Å². The first kappa shape index (κ1) is 19.5. The van der Waals surface area contributed by atoms with Crippen molar-refractivity contribution in [1.82, 2.24) is 0 Å². The predicted molar refractivity (Wildman–Crippen MR) is 95.8 cm³/mol. The average molecular weight is 402 g/mol. The molecule has 152 valence electrons. The fourth-order valence-corrected chi connectivity index (χ4v) is 3.53. The second-order valence-electron chi connectivity index (χ2n) is 6.85. The molecule has 9 nitrogen and oxygen atoms in total. The molecule has 9 heteroatoms. The van der Waals surface area contributed by atoms with Gasteiger partial charge >= 0.3 is 0 Å². The first-order chi connectivity index (χ1) is 13.8. The molecule has 1 heterocycles. The average Bonchev–Trinajstić information content (AvgIpc) is 2.73. The van der Waals surface area contributed by atoms with Crippen molar-refractivity contribution in [2.75, 3.05) is 6.61 Å². The highest BCUT2D eigenvalue weighted by atomic mass is 16.7. The summed E-state index contributed by atoms with van der Waals surface area (Å²) in [6.07, 6.45) is -7.67. The number of phenols is 1. The van der Waals surface area contributed by atoms with E-state index in [1.54, 1.807) is 12.1 Å². The zero-order chi connectivity index (χ0) is 20.9. The van der Waals surface area contributed by atoms with Crippen LogP contribution >= 0.6 is 0 Å². The number of fused-ring (bicyclic) bond motifs is 2. The Morgan fingerprint density at radius 1 is 0.862 bits per heavy atom. The Morgan fingerprint density at radius 3 is 2.17 bits per heavy atom. The zero-order valence-electron chi connectivity index (χ0n) is 14.9. The van der Waals surface area contributed by atoms with Gasteiger partial charge < -0.3 is 35.0 Å². The molecule has 0 spiro atoms. The molecular formula is C20H18O9. The SMILES string of the molecule is O=C1c2ccccc2C(=O)c2c1ccc(O[C@@H]1O[C@@H](CO)[C@H](O)[C@@H](O)[C@@H]1O)c2O. The van der Waals surface area contributed by atoms with E-state index in [9.17, 15) is 35.1 Å². The number of carbonyl (C=O) groups is 2. The molecule has 1 saturated heterocycles. The summed E-state index contributed by atoms with van der Waals surface area (Å²) in [6, 6.07) is 8.77. The van der Waals surface area contributed by atoms with Gasteiger partial charge in [0.2, 0.25) is 6.29 Å². The summed E-state index contributed by atoms with van der Waals surface area (Å²) in [7, 11) is 0. The molecule has 0 bridgehead atoms. The highest BCUT2D eigenvalue weighted by Crippen LogP contribution is 2.39. The van der Waals surface area contributed by atoms with E-state index < -0.39 is 54.6 Å². The maximum atomic E-state index is 12.8. The van der Waals surface area contributed by atoms with E-state index in [0.29, 0.717) is 0 Å². The second-order valence-corrected chi connectivity index (χ2v) is 6.85. The molecule has 2 aromatic carbocycles. The van der Waals surface area contributed by atoms with Crippen molar-refractivity contribution < 1.29 is 44.6 Å². The van der Waals surface area contributed by atoms with Gasteiger partial charge in [-0.3, -0.25) is 9.59 Å². The Labute approximate surface area is 164 Å². The number of ether oxygens (including phenoxy) is 2. The van der Waals surface area contributed by atoms with Crippen molar-refractivity contribution in [3.05, 3.63) is 58.7 Å². The maximum absolute atomic E-state index is 12.8. The van der Waals surface area contributed by atoms with Gasteiger partial charge in [-0.05, 0) is 12.1 Å². The maximum Gasteiger partial charge on any atom is 0.229 e. The first-order valence-corrected chi connectivity index (χ1v) is 8.86. The number of aromatic hydroxyl groups is 1. The number of phenolic OH excluding ortho intramolecular Hbond substituents is 1. The number of aliphatic hydroxyl groups excluding tert-OH is 4. The second kappa shape index (κ2) is 7.21. The van der Waals surface area contributed by atoms with Gasteiger partial charge in [0.1, 0.15) is 24.4 Å². The normalized spacial score (nSPS) is 28.6. The first-order valence-electron chi connectivity index (χ1n) is 8.86. The highest BCUT2D eigenvalue weighted by Gasteiger charge is 2.45. The predicted octanol–water partition coefficient (Wildman–Crippen LogP) is -0.654. The molecule has 0 unspecified atom stereocenters. The molecular weight excluding hydrogens is 384 g/mol. The summed E-state index contributed by atoms with van der Waals surface area (Å²) in [5.74, 6) is -1.88. The van der Waals surface area contributed by atoms with E-state index in [-0.39, 0.29) is 28.0 Å². The van der Waals surface area contributed by atoms with Crippen LogP contribution in [0.15, 0.2) is 36.4 Å². The fraction of sp³-hybridized carbons (Fsp3) is 0.300. The number of hydrogen-bond donors (Lipinski definition) is 5. The third-order valence-electron chi connectivity index (χ3n) is 5.12.